The molecule has 0 spiro atoms. The summed E-state index contributed by atoms with van der Waals surface area (Å²) in [5, 5.41) is 17.2. The Labute approximate surface area is 176 Å². The minimum Gasteiger partial charge on any atom is -0.395 e. The molecular weight excluding hydrogens is 402 g/mol. The highest BCUT2D eigenvalue weighted by atomic mass is 19.1. The van der Waals surface area contributed by atoms with Gasteiger partial charge in [-0.2, -0.15) is 9.61 Å². The van der Waals surface area contributed by atoms with E-state index in [1.165, 1.54) is 29.6 Å². The summed E-state index contributed by atoms with van der Waals surface area (Å²) >= 11 is 0. The van der Waals surface area contributed by atoms with E-state index in [1.54, 1.807) is 38.1 Å². The van der Waals surface area contributed by atoms with Crippen molar-refractivity contribution in [2.24, 2.45) is 11.1 Å². The van der Waals surface area contributed by atoms with Crippen molar-refractivity contribution in [1.29, 1.82) is 0 Å². The zero-order valence-electron chi connectivity index (χ0n) is 17.1. The molecule has 31 heavy (non-hydrogen) atoms. The van der Waals surface area contributed by atoms with Gasteiger partial charge >= 0.3 is 0 Å². The van der Waals surface area contributed by atoms with E-state index < -0.39 is 17.6 Å². The molecule has 1 aromatic carbocycles. The third kappa shape index (κ3) is 3.60. The van der Waals surface area contributed by atoms with Gasteiger partial charge in [-0.25, -0.2) is 8.78 Å². The quantitative estimate of drug-likeness (QED) is 0.343. The maximum atomic E-state index is 15.2. The number of aromatic nitrogens is 5. The van der Waals surface area contributed by atoms with E-state index in [0.29, 0.717) is 35.4 Å². The zero-order chi connectivity index (χ0) is 21.5. The van der Waals surface area contributed by atoms with Gasteiger partial charge in [-0.15, -0.1) is 10.2 Å². The number of oxime groups is 1. The fraction of sp³-hybridized carbons (Fsp3) is 0.318. The molecule has 1 aliphatic carbocycles. The van der Waals surface area contributed by atoms with Crippen LogP contribution in [0, 0.1) is 17.6 Å². The molecule has 7 nitrogen and oxygen atoms in total. The van der Waals surface area contributed by atoms with E-state index in [-0.39, 0.29) is 16.5 Å². The normalized spacial score (nSPS) is 15.5. The van der Waals surface area contributed by atoms with Crippen LogP contribution in [-0.4, -0.2) is 37.1 Å². The number of halogens is 2. The van der Waals surface area contributed by atoms with E-state index in [9.17, 15) is 4.39 Å². The Morgan fingerprint density at radius 2 is 2.10 bits per heavy atom. The van der Waals surface area contributed by atoms with Gasteiger partial charge in [0.15, 0.2) is 11.5 Å². The molecule has 0 saturated heterocycles. The second-order valence-electron chi connectivity index (χ2n) is 7.84. The number of nitrogens with zero attached hydrogens (tertiary/aromatic N) is 6. The minimum atomic E-state index is -0.731. The molecule has 0 bridgehead atoms. The van der Waals surface area contributed by atoms with Gasteiger partial charge in [-0.3, -0.25) is 4.98 Å². The van der Waals surface area contributed by atoms with Crippen LogP contribution >= 0.6 is 0 Å². The van der Waals surface area contributed by atoms with Crippen molar-refractivity contribution >= 4 is 22.3 Å². The molecule has 0 aliphatic heterocycles. The maximum Gasteiger partial charge on any atom is 0.177 e. The molecule has 158 valence electrons. The number of rotatable bonds is 6. The Hall–Kier alpha value is -3.49. The molecule has 9 heteroatoms. The van der Waals surface area contributed by atoms with Crippen LogP contribution in [0.4, 0.5) is 8.78 Å². The average molecular weight is 422 g/mol. The highest BCUT2D eigenvalue weighted by Gasteiger charge is 2.25. The van der Waals surface area contributed by atoms with Gasteiger partial charge in [0.2, 0.25) is 0 Å². The third-order valence-electron chi connectivity index (χ3n) is 5.52. The summed E-state index contributed by atoms with van der Waals surface area (Å²) in [5.41, 5.74) is 1.81. The van der Waals surface area contributed by atoms with Crippen molar-refractivity contribution in [3.8, 4) is 0 Å². The molecule has 0 radical (unpaired) electrons. The second-order valence-corrected chi connectivity index (χ2v) is 7.84. The maximum absolute atomic E-state index is 15.2. The number of hydrogen-bond acceptors (Lipinski definition) is 6. The van der Waals surface area contributed by atoms with Gasteiger partial charge in [0.25, 0.3) is 0 Å². The summed E-state index contributed by atoms with van der Waals surface area (Å²) in [6.07, 6.45) is 3.86. The predicted molar refractivity (Wildman–Crippen MR) is 111 cm³/mol. The molecule has 4 aromatic rings. The van der Waals surface area contributed by atoms with Crippen LogP contribution in [0.1, 0.15) is 49.7 Å². The Bertz CT molecular complexity index is 1310. The summed E-state index contributed by atoms with van der Waals surface area (Å²) in [4.78, 5) is 9.42. The molecule has 1 atom stereocenters. The van der Waals surface area contributed by atoms with Crippen molar-refractivity contribution in [3.63, 3.8) is 0 Å². The van der Waals surface area contributed by atoms with Gasteiger partial charge < -0.3 is 4.84 Å². The number of pyridine rings is 1. The van der Waals surface area contributed by atoms with Crippen LogP contribution in [0.15, 0.2) is 41.7 Å². The van der Waals surface area contributed by atoms with Crippen molar-refractivity contribution in [2.45, 2.75) is 32.6 Å². The fourth-order valence-corrected chi connectivity index (χ4v) is 3.53. The van der Waals surface area contributed by atoms with Gasteiger partial charge in [0.05, 0.1) is 5.52 Å². The SMILES string of the molecule is C/C(=N\OCC1CC1)c1ccc2nnc([C@H](C)c3c(F)cc4ncccc4c3F)n2n1. The first-order valence-electron chi connectivity index (χ1n) is 10.1. The topological polar surface area (TPSA) is 77.6 Å². The molecule has 3 aromatic heterocycles. The molecule has 3 heterocycles. The van der Waals surface area contributed by atoms with Crippen LogP contribution < -0.4 is 0 Å². The van der Waals surface area contributed by atoms with Crippen LogP contribution in [0.2, 0.25) is 0 Å². The molecular formula is C22H20F2N6O. The zero-order valence-corrected chi connectivity index (χ0v) is 17.1. The van der Waals surface area contributed by atoms with E-state index in [1.807, 2.05) is 0 Å². The summed E-state index contributed by atoms with van der Waals surface area (Å²) in [6.45, 7) is 4.07. The lowest BCUT2D eigenvalue weighted by Gasteiger charge is -2.14. The largest absolute Gasteiger partial charge is 0.395 e. The number of hydrogen-bond donors (Lipinski definition) is 0. The third-order valence-corrected chi connectivity index (χ3v) is 5.52. The van der Waals surface area contributed by atoms with Gasteiger partial charge in [0.1, 0.15) is 29.6 Å². The van der Waals surface area contributed by atoms with Crippen molar-refractivity contribution < 1.29 is 13.6 Å². The summed E-state index contributed by atoms with van der Waals surface area (Å²) < 4.78 is 31.5. The molecule has 1 aliphatic rings. The average Bonchev–Trinajstić information content (AvgIpc) is 3.49. The van der Waals surface area contributed by atoms with Crippen molar-refractivity contribution in [3.05, 3.63) is 65.2 Å². The van der Waals surface area contributed by atoms with E-state index in [2.05, 4.69) is 25.4 Å². The summed E-state index contributed by atoms with van der Waals surface area (Å²) in [7, 11) is 0. The molecule has 1 fully saturated rings. The van der Waals surface area contributed by atoms with Gasteiger partial charge in [-0.05, 0) is 49.9 Å². The number of benzene rings is 1. The monoisotopic (exact) mass is 422 g/mol. The Balaban J connectivity index is 1.53. The highest BCUT2D eigenvalue weighted by molar-refractivity contribution is 5.96. The van der Waals surface area contributed by atoms with Crippen molar-refractivity contribution in [1.82, 2.24) is 24.8 Å². The Morgan fingerprint density at radius 1 is 1.26 bits per heavy atom. The van der Waals surface area contributed by atoms with Crippen molar-refractivity contribution in [2.75, 3.05) is 6.61 Å². The first-order valence-corrected chi connectivity index (χ1v) is 10.1. The highest BCUT2D eigenvalue weighted by Crippen LogP contribution is 2.32. The van der Waals surface area contributed by atoms with Gasteiger partial charge in [-0.1, -0.05) is 12.1 Å². The molecule has 0 unspecified atom stereocenters. The lowest BCUT2D eigenvalue weighted by Crippen LogP contribution is -2.11. The molecule has 0 amide bonds. The smallest absolute Gasteiger partial charge is 0.177 e. The standard InChI is InChI=1S/C22H20F2N6O/c1-12(20-16(23)10-18-15(21(20)24)4-3-9-25-18)22-27-26-19-8-7-17(28-30(19)22)13(2)29-31-11-14-5-6-14/h3-4,7-10,12,14H,5-6,11H2,1-2H3/b29-13+/t12-/m1/s1. The predicted octanol–water partition coefficient (Wildman–Crippen LogP) is 4.25. The summed E-state index contributed by atoms with van der Waals surface area (Å²) in [5.74, 6) is -1.15. The molecule has 5 rings (SSSR count). The lowest BCUT2D eigenvalue weighted by atomic mass is 9.97. The minimum absolute atomic E-state index is 0.0971. The molecule has 0 N–H and O–H groups in total. The van der Waals surface area contributed by atoms with Crippen LogP contribution in [0.5, 0.6) is 0 Å². The fourth-order valence-electron chi connectivity index (χ4n) is 3.53. The second kappa shape index (κ2) is 7.64. The number of fused-ring (bicyclic) bond motifs is 2. The lowest BCUT2D eigenvalue weighted by molar-refractivity contribution is 0.134. The first kappa shape index (κ1) is 19.5. The Kier molecular flexibility index (Phi) is 4.80. The van der Waals surface area contributed by atoms with E-state index in [4.69, 9.17) is 4.84 Å². The first-order chi connectivity index (χ1) is 15.0. The Morgan fingerprint density at radius 3 is 2.90 bits per heavy atom. The van der Waals surface area contributed by atoms with Crippen LogP contribution in [-0.2, 0) is 4.84 Å². The molecule has 1 saturated carbocycles. The summed E-state index contributed by atoms with van der Waals surface area (Å²) in [6, 6.07) is 7.93. The van der Waals surface area contributed by atoms with Gasteiger partial charge in [0, 0.05) is 29.1 Å². The van der Waals surface area contributed by atoms with Crippen LogP contribution in [0.25, 0.3) is 16.6 Å². The van der Waals surface area contributed by atoms with E-state index >= 15 is 4.39 Å². The van der Waals surface area contributed by atoms with E-state index in [0.717, 1.165) is 0 Å². The van der Waals surface area contributed by atoms with Crippen LogP contribution in [0.3, 0.4) is 0 Å².